The molecule has 0 aliphatic heterocycles. The van der Waals surface area contributed by atoms with E-state index in [0.717, 1.165) is 12.2 Å². The van der Waals surface area contributed by atoms with Crippen LogP contribution in [0.25, 0.3) is 11.0 Å². The number of benzene rings is 2. The fourth-order valence-corrected chi connectivity index (χ4v) is 2.30. The first-order valence-corrected chi connectivity index (χ1v) is 6.55. The van der Waals surface area contributed by atoms with Gasteiger partial charge in [0.05, 0.1) is 5.56 Å². The Kier molecular flexibility index (Phi) is 3.03. The first-order valence-electron chi connectivity index (χ1n) is 6.55. The van der Waals surface area contributed by atoms with Crippen molar-refractivity contribution in [3.63, 3.8) is 0 Å². The van der Waals surface area contributed by atoms with Crippen LogP contribution in [0, 0.1) is 0 Å². The lowest BCUT2D eigenvalue weighted by Crippen LogP contribution is -2.01. The number of aryl methyl sites for hydroxylation is 1. The van der Waals surface area contributed by atoms with Gasteiger partial charge < -0.3 is 9.52 Å². The van der Waals surface area contributed by atoms with Gasteiger partial charge in [-0.25, -0.2) is 0 Å². The number of ketones is 1. The topological polar surface area (TPSA) is 50.4 Å². The van der Waals surface area contributed by atoms with Crippen molar-refractivity contribution in [1.82, 2.24) is 0 Å². The minimum Gasteiger partial charge on any atom is -0.507 e. The Labute approximate surface area is 116 Å². The van der Waals surface area contributed by atoms with Gasteiger partial charge in [-0.2, -0.15) is 0 Å². The molecule has 20 heavy (non-hydrogen) atoms. The second kappa shape index (κ2) is 4.85. The second-order valence-electron chi connectivity index (χ2n) is 4.63. The van der Waals surface area contributed by atoms with Gasteiger partial charge in [0.15, 0.2) is 5.78 Å². The van der Waals surface area contributed by atoms with E-state index in [4.69, 9.17) is 4.42 Å². The third-order valence-corrected chi connectivity index (χ3v) is 3.34. The van der Waals surface area contributed by atoms with Crippen LogP contribution in [0.15, 0.2) is 52.9 Å². The SMILES string of the molecule is CCc1cc2c(C(=O)c3ccccc3)c(O)ccc2o1. The van der Waals surface area contributed by atoms with E-state index in [9.17, 15) is 9.90 Å². The van der Waals surface area contributed by atoms with Gasteiger partial charge in [-0.05, 0) is 18.2 Å². The summed E-state index contributed by atoms with van der Waals surface area (Å²) >= 11 is 0. The number of hydrogen-bond donors (Lipinski definition) is 1. The highest BCUT2D eigenvalue weighted by Gasteiger charge is 2.19. The molecule has 0 fully saturated rings. The molecule has 0 aliphatic rings. The fourth-order valence-electron chi connectivity index (χ4n) is 2.30. The maximum Gasteiger partial charge on any atom is 0.197 e. The summed E-state index contributed by atoms with van der Waals surface area (Å²) < 4.78 is 5.64. The lowest BCUT2D eigenvalue weighted by molar-refractivity contribution is 0.103. The number of phenols is 1. The summed E-state index contributed by atoms with van der Waals surface area (Å²) in [5.41, 5.74) is 1.48. The maximum atomic E-state index is 12.6. The van der Waals surface area contributed by atoms with Crippen LogP contribution in [-0.4, -0.2) is 10.9 Å². The minimum absolute atomic E-state index is 0.0187. The number of rotatable bonds is 3. The van der Waals surface area contributed by atoms with Gasteiger partial charge in [-0.15, -0.1) is 0 Å². The van der Waals surface area contributed by atoms with Crippen molar-refractivity contribution in [2.24, 2.45) is 0 Å². The number of phenolic OH excluding ortho intramolecular Hbond substituents is 1. The predicted molar refractivity (Wildman–Crippen MR) is 77.1 cm³/mol. The van der Waals surface area contributed by atoms with Gasteiger partial charge in [-0.1, -0.05) is 37.3 Å². The molecule has 0 bridgehead atoms. The minimum atomic E-state index is -0.197. The van der Waals surface area contributed by atoms with Crippen LogP contribution in [0.4, 0.5) is 0 Å². The van der Waals surface area contributed by atoms with E-state index in [1.807, 2.05) is 19.1 Å². The van der Waals surface area contributed by atoms with Crippen molar-refractivity contribution in [2.75, 3.05) is 0 Å². The highest BCUT2D eigenvalue weighted by molar-refractivity contribution is 6.17. The van der Waals surface area contributed by atoms with Crippen LogP contribution in [0.5, 0.6) is 5.75 Å². The van der Waals surface area contributed by atoms with Gasteiger partial charge in [0.25, 0.3) is 0 Å². The molecule has 0 aliphatic carbocycles. The molecule has 0 saturated carbocycles. The van der Waals surface area contributed by atoms with Crippen LogP contribution < -0.4 is 0 Å². The van der Waals surface area contributed by atoms with E-state index in [2.05, 4.69) is 0 Å². The molecule has 100 valence electrons. The Morgan fingerprint density at radius 3 is 2.60 bits per heavy atom. The van der Waals surface area contributed by atoms with E-state index in [0.29, 0.717) is 22.1 Å². The summed E-state index contributed by atoms with van der Waals surface area (Å²) in [5, 5.41) is 10.7. The lowest BCUT2D eigenvalue weighted by Gasteiger charge is -2.05. The second-order valence-corrected chi connectivity index (χ2v) is 4.63. The zero-order chi connectivity index (χ0) is 14.1. The number of fused-ring (bicyclic) bond motifs is 1. The third kappa shape index (κ3) is 1.97. The molecule has 3 rings (SSSR count). The smallest absolute Gasteiger partial charge is 0.197 e. The summed E-state index contributed by atoms with van der Waals surface area (Å²) in [7, 11) is 0. The standard InChI is InChI=1S/C17H14O3/c1-2-12-10-13-15(20-12)9-8-14(18)16(13)17(19)11-6-4-3-5-7-11/h3-10,18H,2H2,1H3. The highest BCUT2D eigenvalue weighted by Crippen LogP contribution is 2.31. The fraction of sp³-hybridized carbons (Fsp3) is 0.118. The predicted octanol–water partition coefficient (Wildman–Crippen LogP) is 3.93. The van der Waals surface area contributed by atoms with E-state index in [1.165, 1.54) is 6.07 Å². The highest BCUT2D eigenvalue weighted by atomic mass is 16.3. The Morgan fingerprint density at radius 1 is 1.15 bits per heavy atom. The van der Waals surface area contributed by atoms with E-state index in [1.54, 1.807) is 30.3 Å². The summed E-state index contributed by atoms with van der Waals surface area (Å²) in [6.45, 7) is 1.98. The van der Waals surface area contributed by atoms with Crippen molar-refractivity contribution in [2.45, 2.75) is 13.3 Å². The summed E-state index contributed by atoms with van der Waals surface area (Å²) in [4.78, 5) is 12.6. The summed E-state index contributed by atoms with van der Waals surface area (Å²) in [5.74, 6) is 0.583. The summed E-state index contributed by atoms with van der Waals surface area (Å²) in [6.07, 6.45) is 0.744. The average molecular weight is 266 g/mol. The van der Waals surface area contributed by atoms with E-state index >= 15 is 0 Å². The van der Waals surface area contributed by atoms with Gasteiger partial charge >= 0.3 is 0 Å². The Morgan fingerprint density at radius 2 is 1.90 bits per heavy atom. The number of carbonyl (C=O) groups is 1. The zero-order valence-corrected chi connectivity index (χ0v) is 11.1. The average Bonchev–Trinajstić information content (AvgIpc) is 2.90. The number of hydrogen-bond acceptors (Lipinski definition) is 3. The molecule has 1 aromatic heterocycles. The van der Waals surface area contributed by atoms with Crippen molar-refractivity contribution < 1.29 is 14.3 Å². The lowest BCUT2D eigenvalue weighted by atomic mass is 9.99. The van der Waals surface area contributed by atoms with E-state index in [-0.39, 0.29) is 11.5 Å². The molecule has 3 aromatic rings. The van der Waals surface area contributed by atoms with Gasteiger partial charge in [0, 0.05) is 17.4 Å². The van der Waals surface area contributed by atoms with Crippen LogP contribution in [0.3, 0.4) is 0 Å². The van der Waals surface area contributed by atoms with Gasteiger partial charge in [0.1, 0.15) is 17.1 Å². The van der Waals surface area contributed by atoms with Crippen molar-refractivity contribution in [1.29, 1.82) is 0 Å². The molecule has 0 spiro atoms. The van der Waals surface area contributed by atoms with Crippen molar-refractivity contribution >= 4 is 16.8 Å². The molecule has 1 N–H and O–H groups in total. The first-order chi connectivity index (χ1) is 9.70. The molecular formula is C17H14O3. The molecule has 0 atom stereocenters. The Bertz CT molecular complexity index is 770. The molecule has 3 nitrogen and oxygen atoms in total. The Balaban J connectivity index is 2.22. The first kappa shape index (κ1) is 12.5. The molecule has 0 amide bonds. The van der Waals surface area contributed by atoms with Crippen LogP contribution in [-0.2, 0) is 6.42 Å². The maximum absolute atomic E-state index is 12.6. The third-order valence-electron chi connectivity index (χ3n) is 3.34. The molecule has 3 heteroatoms. The molecular weight excluding hydrogens is 252 g/mol. The zero-order valence-electron chi connectivity index (χ0n) is 11.1. The Hall–Kier alpha value is -2.55. The van der Waals surface area contributed by atoms with E-state index < -0.39 is 0 Å². The number of aromatic hydroxyl groups is 1. The van der Waals surface area contributed by atoms with Gasteiger partial charge in [-0.3, -0.25) is 4.79 Å². The molecule has 1 heterocycles. The number of carbonyl (C=O) groups excluding carboxylic acids is 1. The quantitative estimate of drug-likeness (QED) is 0.731. The van der Waals surface area contributed by atoms with Crippen molar-refractivity contribution in [3.8, 4) is 5.75 Å². The van der Waals surface area contributed by atoms with Crippen molar-refractivity contribution in [3.05, 3.63) is 65.4 Å². The summed E-state index contributed by atoms with van der Waals surface area (Å²) in [6, 6.07) is 13.9. The van der Waals surface area contributed by atoms with Crippen LogP contribution in [0.2, 0.25) is 0 Å². The largest absolute Gasteiger partial charge is 0.507 e. The molecule has 0 unspecified atom stereocenters. The molecule has 0 saturated heterocycles. The normalized spacial score (nSPS) is 10.8. The monoisotopic (exact) mass is 266 g/mol. The van der Waals surface area contributed by atoms with Crippen LogP contribution >= 0.6 is 0 Å². The molecule has 2 aromatic carbocycles. The molecule has 0 radical (unpaired) electrons. The number of furan rings is 1. The van der Waals surface area contributed by atoms with Gasteiger partial charge in [0.2, 0.25) is 0 Å². The van der Waals surface area contributed by atoms with Crippen LogP contribution in [0.1, 0.15) is 28.6 Å².